The topological polar surface area (TPSA) is 47.3 Å². The third-order valence-corrected chi connectivity index (χ3v) is 3.75. The number of aromatic nitrogens is 2. The van der Waals surface area contributed by atoms with Gasteiger partial charge in [0.2, 0.25) is 0 Å². The van der Waals surface area contributed by atoms with Crippen LogP contribution in [0.5, 0.6) is 0 Å². The molecule has 1 heterocycles. The average molecular weight is 333 g/mol. The number of nitrogens with zero attached hydrogens (tertiary/aromatic N) is 2. The molecule has 0 aliphatic carbocycles. The highest BCUT2D eigenvalue weighted by Gasteiger charge is 2.19. The molecular weight excluding hydrogens is 308 g/mol. The van der Waals surface area contributed by atoms with E-state index in [4.69, 9.17) is 4.74 Å². The maximum atomic E-state index is 10.1. The van der Waals surface area contributed by atoms with Gasteiger partial charge in [-0.15, -0.1) is 0 Å². The Balaban J connectivity index is 2.73. The van der Waals surface area contributed by atoms with E-state index < -0.39 is 6.10 Å². The van der Waals surface area contributed by atoms with E-state index in [0.717, 1.165) is 28.8 Å². The molecule has 1 aromatic heterocycles. The lowest BCUT2D eigenvalue weighted by Crippen LogP contribution is -2.28. The molecule has 0 aromatic carbocycles. The van der Waals surface area contributed by atoms with Crippen LogP contribution in [0.25, 0.3) is 0 Å². The lowest BCUT2D eigenvalue weighted by atomic mass is 10.1. The summed E-state index contributed by atoms with van der Waals surface area (Å²) in [6.45, 7) is 11.2. The van der Waals surface area contributed by atoms with Gasteiger partial charge in [0.1, 0.15) is 0 Å². The summed E-state index contributed by atoms with van der Waals surface area (Å²) in [6.07, 6.45) is 0.925. The van der Waals surface area contributed by atoms with Gasteiger partial charge in [0.05, 0.1) is 34.2 Å². The first kappa shape index (κ1) is 16.7. The van der Waals surface area contributed by atoms with E-state index >= 15 is 0 Å². The Labute approximate surface area is 124 Å². The fourth-order valence-electron chi connectivity index (χ4n) is 1.84. The second kappa shape index (κ2) is 6.86. The number of aryl methyl sites for hydroxylation is 2. The summed E-state index contributed by atoms with van der Waals surface area (Å²) >= 11 is 3.59. The van der Waals surface area contributed by atoms with Crippen LogP contribution in [0.3, 0.4) is 0 Å². The molecule has 0 saturated carbocycles. The lowest BCUT2D eigenvalue weighted by Gasteiger charge is -2.22. The van der Waals surface area contributed by atoms with Crippen molar-refractivity contribution in [3.05, 3.63) is 15.9 Å². The zero-order valence-corrected chi connectivity index (χ0v) is 14.1. The number of hydrogen-bond donors (Lipinski definition) is 1. The maximum Gasteiger partial charge on any atom is 0.0829 e. The summed E-state index contributed by atoms with van der Waals surface area (Å²) in [5.74, 6) is 0. The van der Waals surface area contributed by atoms with Gasteiger partial charge in [0.15, 0.2) is 0 Å². The van der Waals surface area contributed by atoms with E-state index in [1.165, 1.54) is 0 Å². The maximum absolute atomic E-state index is 10.1. The molecule has 1 rings (SSSR count). The molecule has 0 amide bonds. The largest absolute Gasteiger partial charge is 0.390 e. The van der Waals surface area contributed by atoms with E-state index in [2.05, 4.69) is 34.9 Å². The Morgan fingerprint density at radius 1 is 1.37 bits per heavy atom. The average Bonchev–Trinajstić information content (AvgIpc) is 2.63. The Bertz CT molecular complexity index is 410. The molecule has 0 aliphatic rings. The third kappa shape index (κ3) is 4.89. The lowest BCUT2D eigenvalue weighted by molar-refractivity contribution is -0.0486. The van der Waals surface area contributed by atoms with Gasteiger partial charge in [0, 0.05) is 13.0 Å². The molecule has 0 spiro atoms. The standard InChI is InChI=1S/C14H25BrN2O2/c1-6-11-13(15)12(17(7-2)16-11)8-10(18)9-19-14(3,4)5/h10,18H,6-9H2,1-5H3. The van der Waals surface area contributed by atoms with Crippen molar-refractivity contribution < 1.29 is 9.84 Å². The van der Waals surface area contributed by atoms with Crippen LogP contribution in [0.4, 0.5) is 0 Å². The van der Waals surface area contributed by atoms with E-state index in [0.29, 0.717) is 13.0 Å². The third-order valence-electron chi connectivity index (χ3n) is 2.83. The Morgan fingerprint density at radius 3 is 2.47 bits per heavy atom. The van der Waals surface area contributed by atoms with Crippen LogP contribution in [0.1, 0.15) is 46.0 Å². The normalized spacial score (nSPS) is 13.8. The first-order valence-corrected chi connectivity index (χ1v) is 7.63. The highest BCUT2D eigenvalue weighted by atomic mass is 79.9. The molecule has 4 nitrogen and oxygen atoms in total. The molecule has 0 radical (unpaired) electrons. The minimum atomic E-state index is -0.512. The summed E-state index contributed by atoms with van der Waals surface area (Å²) in [7, 11) is 0. The monoisotopic (exact) mass is 332 g/mol. The number of aliphatic hydroxyl groups excluding tert-OH is 1. The number of aliphatic hydroxyl groups is 1. The second-order valence-corrected chi connectivity index (χ2v) is 6.45. The molecule has 0 fully saturated rings. The Morgan fingerprint density at radius 2 is 2.00 bits per heavy atom. The molecule has 1 atom stereocenters. The number of ether oxygens (including phenoxy) is 1. The van der Waals surface area contributed by atoms with Crippen LogP contribution in [-0.2, 0) is 24.1 Å². The van der Waals surface area contributed by atoms with Crippen molar-refractivity contribution in [2.75, 3.05) is 6.61 Å². The summed E-state index contributed by atoms with van der Waals surface area (Å²) in [6, 6.07) is 0. The van der Waals surface area contributed by atoms with Crippen molar-refractivity contribution in [1.29, 1.82) is 0 Å². The minimum Gasteiger partial charge on any atom is -0.390 e. The van der Waals surface area contributed by atoms with E-state index in [1.54, 1.807) is 0 Å². The highest BCUT2D eigenvalue weighted by molar-refractivity contribution is 9.10. The van der Waals surface area contributed by atoms with Gasteiger partial charge in [-0.2, -0.15) is 5.10 Å². The van der Waals surface area contributed by atoms with Crippen molar-refractivity contribution in [2.45, 2.75) is 65.7 Å². The summed E-state index contributed by atoms with van der Waals surface area (Å²) < 4.78 is 8.58. The fourth-order valence-corrected chi connectivity index (χ4v) is 2.57. The molecule has 110 valence electrons. The quantitative estimate of drug-likeness (QED) is 0.871. The van der Waals surface area contributed by atoms with Crippen molar-refractivity contribution in [2.24, 2.45) is 0 Å². The highest BCUT2D eigenvalue weighted by Crippen LogP contribution is 2.24. The SMILES string of the molecule is CCc1nn(CC)c(CC(O)COC(C)(C)C)c1Br. The zero-order chi connectivity index (χ0) is 14.6. The molecule has 5 heteroatoms. The van der Waals surface area contributed by atoms with Gasteiger partial charge in [0.25, 0.3) is 0 Å². The van der Waals surface area contributed by atoms with Gasteiger partial charge in [-0.3, -0.25) is 4.68 Å². The molecule has 0 saturated heterocycles. The van der Waals surface area contributed by atoms with E-state index in [9.17, 15) is 5.11 Å². The van der Waals surface area contributed by atoms with E-state index in [1.807, 2.05) is 25.5 Å². The number of hydrogen-bond acceptors (Lipinski definition) is 3. The first-order chi connectivity index (χ1) is 8.78. The molecule has 0 aliphatic heterocycles. The van der Waals surface area contributed by atoms with Gasteiger partial charge in [-0.05, 0) is 50.0 Å². The summed E-state index contributed by atoms with van der Waals surface area (Å²) in [5, 5.41) is 14.6. The first-order valence-electron chi connectivity index (χ1n) is 6.84. The molecule has 0 bridgehead atoms. The Kier molecular flexibility index (Phi) is 6.02. The van der Waals surface area contributed by atoms with Gasteiger partial charge in [-0.1, -0.05) is 6.92 Å². The van der Waals surface area contributed by atoms with Gasteiger partial charge in [-0.25, -0.2) is 0 Å². The Hall–Kier alpha value is -0.390. The van der Waals surface area contributed by atoms with Crippen molar-refractivity contribution in [1.82, 2.24) is 9.78 Å². The molecule has 19 heavy (non-hydrogen) atoms. The van der Waals surface area contributed by atoms with Crippen LogP contribution in [0.15, 0.2) is 4.47 Å². The smallest absolute Gasteiger partial charge is 0.0829 e. The van der Waals surface area contributed by atoms with E-state index in [-0.39, 0.29) is 5.60 Å². The molecule has 1 unspecified atom stereocenters. The van der Waals surface area contributed by atoms with Gasteiger partial charge >= 0.3 is 0 Å². The summed E-state index contributed by atoms with van der Waals surface area (Å²) in [5.41, 5.74) is 1.86. The van der Waals surface area contributed by atoms with Crippen LogP contribution in [0.2, 0.25) is 0 Å². The van der Waals surface area contributed by atoms with Crippen molar-refractivity contribution >= 4 is 15.9 Å². The van der Waals surface area contributed by atoms with Gasteiger partial charge < -0.3 is 9.84 Å². The number of rotatable bonds is 6. The predicted octanol–water partition coefficient (Wildman–Crippen LogP) is 2.95. The fraction of sp³-hybridized carbons (Fsp3) is 0.786. The predicted molar refractivity (Wildman–Crippen MR) is 80.4 cm³/mol. The summed E-state index contributed by atoms with van der Waals surface area (Å²) in [4.78, 5) is 0. The minimum absolute atomic E-state index is 0.224. The van der Waals surface area contributed by atoms with Crippen LogP contribution in [-0.4, -0.2) is 33.2 Å². The van der Waals surface area contributed by atoms with Crippen LogP contribution >= 0.6 is 15.9 Å². The van der Waals surface area contributed by atoms with Crippen LogP contribution < -0.4 is 0 Å². The molecular formula is C14H25BrN2O2. The zero-order valence-electron chi connectivity index (χ0n) is 12.5. The van der Waals surface area contributed by atoms with Crippen LogP contribution in [0, 0.1) is 0 Å². The molecule has 1 aromatic rings. The number of halogens is 1. The van der Waals surface area contributed by atoms with Crippen molar-refractivity contribution in [3.8, 4) is 0 Å². The second-order valence-electron chi connectivity index (χ2n) is 5.66. The molecule has 1 N–H and O–H groups in total. The van der Waals surface area contributed by atoms with Crippen molar-refractivity contribution in [3.63, 3.8) is 0 Å².